The predicted octanol–water partition coefficient (Wildman–Crippen LogP) is 2.77. The van der Waals surface area contributed by atoms with Gasteiger partial charge in [-0.05, 0) is 31.4 Å². The summed E-state index contributed by atoms with van der Waals surface area (Å²) in [6.45, 7) is 0.661. The van der Waals surface area contributed by atoms with Crippen LogP contribution in [-0.2, 0) is 4.79 Å². The Bertz CT molecular complexity index is 555. The Balaban J connectivity index is 1.60. The molecule has 1 saturated heterocycles. The third-order valence-electron chi connectivity index (χ3n) is 4.97. The fourth-order valence-corrected chi connectivity index (χ4v) is 3.55. The van der Waals surface area contributed by atoms with Crippen molar-refractivity contribution in [2.45, 2.75) is 50.6 Å². The highest BCUT2D eigenvalue weighted by Gasteiger charge is 2.37. The van der Waals surface area contributed by atoms with Gasteiger partial charge < -0.3 is 15.1 Å². The molecule has 0 spiro atoms. The van der Waals surface area contributed by atoms with Gasteiger partial charge in [0.05, 0.1) is 0 Å². The quantitative estimate of drug-likeness (QED) is 0.932. The first kappa shape index (κ1) is 15.8. The van der Waals surface area contributed by atoms with Gasteiger partial charge in [-0.15, -0.1) is 0 Å². The van der Waals surface area contributed by atoms with Crippen molar-refractivity contribution in [3.05, 3.63) is 30.3 Å². The lowest BCUT2D eigenvalue weighted by Gasteiger charge is -2.28. The van der Waals surface area contributed by atoms with Crippen LogP contribution in [0.25, 0.3) is 0 Å². The molecule has 5 nitrogen and oxygen atoms in total. The third kappa shape index (κ3) is 3.49. The largest absolute Gasteiger partial charge is 0.335 e. The normalized spacial score (nSPS) is 22.2. The number of benzene rings is 1. The molecule has 124 valence electrons. The Morgan fingerprint density at radius 1 is 1.13 bits per heavy atom. The fraction of sp³-hybridized carbons (Fsp3) is 0.556. The molecule has 1 heterocycles. The lowest BCUT2D eigenvalue weighted by Crippen LogP contribution is -2.50. The van der Waals surface area contributed by atoms with Gasteiger partial charge in [-0.2, -0.15) is 0 Å². The van der Waals surface area contributed by atoms with E-state index in [0.717, 1.165) is 18.5 Å². The molecule has 1 aliphatic carbocycles. The summed E-state index contributed by atoms with van der Waals surface area (Å²) in [5.74, 6) is 0.0116. The molecule has 1 N–H and O–H groups in total. The summed E-state index contributed by atoms with van der Waals surface area (Å²) < 4.78 is 0. The number of hydrogen-bond donors (Lipinski definition) is 1. The van der Waals surface area contributed by atoms with Crippen molar-refractivity contribution in [2.24, 2.45) is 0 Å². The molecule has 23 heavy (non-hydrogen) atoms. The van der Waals surface area contributed by atoms with Gasteiger partial charge in [0.1, 0.15) is 6.04 Å². The Morgan fingerprint density at radius 3 is 2.52 bits per heavy atom. The van der Waals surface area contributed by atoms with Gasteiger partial charge in [-0.25, -0.2) is 4.79 Å². The number of nitrogens with one attached hydrogen (secondary N) is 1. The minimum atomic E-state index is -0.362. The first-order valence-corrected chi connectivity index (χ1v) is 8.56. The van der Waals surface area contributed by atoms with Gasteiger partial charge in [0.15, 0.2) is 0 Å². The molecule has 5 heteroatoms. The van der Waals surface area contributed by atoms with Crippen molar-refractivity contribution in [1.82, 2.24) is 10.2 Å². The Labute approximate surface area is 137 Å². The fourth-order valence-electron chi connectivity index (χ4n) is 3.55. The highest BCUT2D eigenvalue weighted by Crippen LogP contribution is 2.24. The molecular weight excluding hydrogens is 290 g/mol. The third-order valence-corrected chi connectivity index (χ3v) is 4.97. The maximum Gasteiger partial charge on any atom is 0.318 e. The number of rotatable bonds is 3. The van der Waals surface area contributed by atoms with Gasteiger partial charge in [0, 0.05) is 25.3 Å². The molecule has 3 amide bonds. The molecule has 1 atom stereocenters. The Morgan fingerprint density at radius 2 is 1.83 bits per heavy atom. The average molecular weight is 315 g/mol. The van der Waals surface area contributed by atoms with E-state index in [9.17, 15) is 9.59 Å². The van der Waals surface area contributed by atoms with Crippen LogP contribution in [-0.4, -0.2) is 42.5 Å². The molecule has 0 bridgehead atoms. The highest BCUT2D eigenvalue weighted by molar-refractivity contribution is 6.01. The van der Waals surface area contributed by atoms with E-state index >= 15 is 0 Å². The van der Waals surface area contributed by atoms with Crippen LogP contribution < -0.4 is 10.2 Å². The van der Waals surface area contributed by atoms with Gasteiger partial charge >= 0.3 is 6.03 Å². The number of para-hydroxylation sites is 1. The average Bonchev–Trinajstić information content (AvgIpc) is 2.97. The maximum absolute atomic E-state index is 12.6. The molecule has 1 aromatic carbocycles. The van der Waals surface area contributed by atoms with Crippen molar-refractivity contribution in [1.29, 1.82) is 0 Å². The Kier molecular flexibility index (Phi) is 4.84. The highest BCUT2D eigenvalue weighted by atomic mass is 16.2. The van der Waals surface area contributed by atoms with E-state index in [4.69, 9.17) is 0 Å². The van der Waals surface area contributed by atoms with E-state index in [1.807, 2.05) is 30.3 Å². The SMILES string of the molecule is CN(C(=O)NC1CCCCC1)C1CCN(c2ccccc2)C1=O. The lowest BCUT2D eigenvalue weighted by atomic mass is 9.96. The number of carbonyl (C=O) groups is 2. The summed E-state index contributed by atoms with van der Waals surface area (Å²) in [6.07, 6.45) is 6.40. The minimum Gasteiger partial charge on any atom is -0.335 e. The molecule has 0 aromatic heterocycles. The molecule has 3 rings (SSSR count). The zero-order chi connectivity index (χ0) is 16.2. The second-order valence-corrected chi connectivity index (χ2v) is 6.53. The monoisotopic (exact) mass is 315 g/mol. The van der Waals surface area contributed by atoms with Crippen molar-refractivity contribution < 1.29 is 9.59 Å². The second-order valence-electron chi connectivity index (χ2n) is 6.53. The summed E-state index contributed by atoms with van der Waals surface area (Å²) in [7, 11) is 1.73. The molecule has 0 radical (unpaired) electrons. The van der Waals surface area contributed by atoms with E-state index in [-0.39, 0.29) is 24.0 Å². The van der Waals surface area contributed by atoms with Crippen molar-refractivity contribution in [2.75, 3.05) is 18.5 Å². The number of carbonyl (C=O) groups excluding carboxylic acids is 2. The van der Waals surface area contributed by atoms with E-state index in [0.29, 0.717) is 13.0 Å². The number of nitrogens with zero attached hydrogens (tertiary/aromatic N) is 2. The van der Waals surface area contributed by atoms with Crippen LogP contribution in [0.1, 0.15) is 38.5 Å². The van der Waals surface area contributed by atoms with Crippen molar-refractivity contribution in [3.63, 3.8) is 0 Å². The summed E-state index contributed by atoms with van der Waals surface area (Å²) >= 11 is 0. The molecule has 1 aliphatic heterocycles. The van der Waals surface area contributed by atoms with E-state index < -0.39 is 0 Å². The van der Waals surface area contributed by atoms with Crippen LogP contribution in [0, 0.1) is 0 Å². The summed E-state index contributed by atoms with van der Waals surface area (Å²) in [4.78, 5) is 28.4. The van der Waals surface area contributed by atoms with Crippen LogP contribution in [0.15, 0.2) is 30.3 Å². The van der Waals surface area contributed by atoms with Gasteiger partial charge in [-0.1, -0.05) is 37.5 Å². The lowest BCUT2D eigenvalue weighted by molar-refractivity contribution is -0.120. The van der Waals surface area contributed by atoms with Crippen LogP contribution in [0.5, 0.6) is 0 Å². The Hall–Kier alpha value is -2.04. The topological polar surface area (TPSA) is 52.7 Å². The van der Waals surface area contributed by atoms with Gasteiger partial charge in [0.25, 0.3) is 0 Å². The molecule has 1 unspecified atom stereocenters. The molecule has 1 saturated carbocycles. The zero-order valence-corrected chi connectivity index (χ0v) is 13.7. The number of likely N-dealkylation sites (N-methyl/N-ethyl adjacent to an activating group) is 1. The molecular formula is C18H25N3O2. The molecule has 2 aliphatic rings. The zero-order valence-electron chi connectivity index (χ0n) is 13.7. The van der Waals surface area contributed by atoms with Crippen LogP contribution in [0.3, 0.4) is 0 Å². The standard InChI is InChI=1S/C18H25N3O2/c1-20(18(23)19-14-8-4-2-5-9-14)16-12-13-21(17(16)22)15-10-6-3-7-11-15/h3,6-7,10-11,14,16H,2,4-5,8-9,12-13H2,1H3,(H,19,23). The van der Waals surface area contributed by atoms with E-state index in [2.05, 4.69) is 5.32 Å². The van der Waals surface area contributed by atoms with Crippen LogP contribution >= 0.6 is 0 Å². The van der Waals surface area contributed by atoms with Crippen LogP contribution in [0.2, 0.25) is 0 Å². The first-order chi connectivity index (χ1) is 11.2. The number of urea groups is 1. The summed E-state index contributed by atoms with van der Waals surface area (Å²) in [6, 6.07) is 9.44. The van der Waals surface area contributed by atoms with Crippen molar-refractivity contribution in [3.8, 4) is 0 Å². The smallest absolute Gasteiger partial charge is 0.318 e. The van der Waals surface area contributed by atoms with Gasteiger partial charge in [0.2, 0.25) is 5.91 Å². The number of hydrogen-bond acceptors (Lipinski definition) is 2. The second kappa shape index (κ2) is 7.02. The van der Waals surface area contributed by atoms with E-state index in [1.165, 1.54) is 19.3 Å². The number of amides is 3. The molecule has 1 aromatic rings. The van der Waals surface area contributed by atoms with Crippen molar-refractivity contribution >= 4 is 17.6 Å². The predicted molar refractivity (Wildman–Crippen MR) is 90.4 cm³/mol. The van der Waals surface area contributed by atoms with E-state index in [1.54, 1.807) is 16.8 Å². The summed E-state index contributed by atoms with van der Waals surface area (Å²) in [5.41, 5.74) is 0.904. The number of anilines is 1. The minimum absolute atomic E-state index is 0.0116. The van der Waals surface area contributed by atoms with Crippen LogP contribution in [0.4, 0.5) is 10.5 Å². The molecule has 2 fully saturated rings. The van der Waals surface area contributed by atoms with Gasteiger partial charge in [-0.3, -0.25) is 4.79 Å². The maximum atomic E-state index is 12.6. The summed E-state index contributed by atoms with van der Waals surface area (Å²) in [5, 5.41) is 3.09. The first-order valence-electron chi connectivity index (χ1n) is 8.56.